The van der Waals surface area contributed by atoms with Crippen LogP contribution in [0.4, 0.5) is 4.39 Å². The van der Waals surface area contributed by atoms with Crippen LogP contribution in [0.1, 0.15) is 18.9 Å². The summed E-state index contributed by atoms with van der Waals surface area (Å²) in [7, 11) is 3.57. The lowest BCUT2D eigenvalue weighted by Crippen LogP contribution is -2.40. The normalized spacial score (nSPS) is 14.6. The van der Waals surface area contributed by atoms with Crippen LogP contribution in [-0.2, 0) is 11.2 Å². The molecule has 0 saturated heterocycles. The van der Waals surface area contributed by atoms with Gasteiger partial charge in [0, 0.05) is 17.6 Å². The third kappa shape index (κ3) is 4.05. The quantitative estimate of drug-likeness (QED) is 0.872. The molecule has 0 aliphatic heterocycles. The van der Waals surface area contributed by atoms with Gasteiger partial charge in [-0.25, -0.2) is 4.39 Å². The number of rotatable bonds is 6. The second-order valence-corrected chi connectivity index (χ2v) is 4.93. The molecule has 0 radical (unpaired) electrons. The molecule has 2 unspecified atom stereocenters. The standard InChI is InChI=1S/C13H19BrFNO/c1-4-13(17-3)12(16-2)7-9-5-6-10(14)8-11(9)15/h5-6,8,12-13,16H,4,7H2,1-3H3. The molecule has 0 aliphatic rings. The summed E-state index contributed by atoms with van der Waals surface area (Å²) in [6.07, 6.45) is 1.63. The highest BCUT2D eigenvalue weighted by Crippen LogP contribution is 2.18. The minimum Gasteiger partial charge on any atom is -0.380 e. The van der Waals surface area contributed by atoms with Crippen LogP contribution in [0.15, 0.2) is 22.7 Å². The van der Waals surface area contributed by atoms with Crippen LogP contribution in [0, 0.1) is 5.82 Å². The monoisotopic (exact) mass is 303 g/mol. The van der Waals surface area contributed by atoms with E-state index in [0.29, 0.717) is 12.0 Å². The second kappa shape index (κ2) is 7.09. The Morgan fingerprint density at radius 1 is 1.47 bits per heavy atom. The zero-order chi connectivity index (χ0) is 12.8. The van der Waals surface area contributed by atoms with Crippen molar-refractivity contribution in [3.05, 3.63) is 34.1 Å². The molecule has 0 saturated carbocycles. The number of ether oxygens (including phenoxy) is 1. The fraction of sp³-hybridized carbons (Fsp3) is 0.538. The first-order valence-electron chi connectivity index (χ1n) is 5.76. The molecule has 0 aromatic heterocycles. The van der Waals surface area contributed by atoms with E-state index in [1.54, 1.807) is 7.11 Å². The summed E-state index contributed by atoms with van der Waals surface area (Å²) < 4.78 is 19.9. The molecule has 4 heteroatoms. The van der Waals surface area contributed by atoms with E-state index in [1.165, 1.54) is 6.07 Å². The Kier molecular flexibility index (Phi) is 6.09. The predicted octanol–water partition coefficient (Wildman–Crippen LogP) is 3.14. The zero-order valence-electron chi connectivity index (χ0n) is 10.5. The molecule has 2 atom stereocenters. The zero-order valence-corrected chi connectivity index (χ0v) is 12.1. The summed E-state index contributed by atoms with van der Waals surface area (Å²) in [5.74, 6) is -0.175. The first kappa shape index (κ1) is 14.6. The van der Waals surface area contributed by atoms with Crippen molar-refractivity contribution >= 4 is 15.9 Å². The maximum absolute atomic E-state index is 13.7. The van der Waals surface area contributed by atoms with Crippen LogP contribution in [0.3, 0.4) is 0 Å². The van der Waals surface area contributed by atoms with Crippen molar-refractivity contribution in [2.75, 3.05) is 14.2 Å². The predicted molar refractivity (Wildman–Crippen MR) is 71.7 cm³/mol. The van der Waals surface area contributed by atoms with Gasteiger partial charge < -0.3 is 10.1 Å². The van der Waals surface area contributed by atoms with E-state index in [9.17, 15) is 4.39 Å². The third-order valence-corrected chi connectivity index (χ3v) is 3.47. The molecule has 1 aromatic carbocycles. The fourth-order valence-corrected chi connectivity index (χ4v) is 2.29. The number of hydrogen-bond donors (Lipinski definition) is 1. The van der Waals surface area contributed by atoms with Gasteiger partial charge in [-0.1, -0.05) is 28.9 Å². The van der Waals surface area contributed by atoms with Crippen molar-refractivity contribution in [3.63, 3.8) is 0 Å². The Morgan fingerprint density at radius 3 is 2.65 bits per heavy atom. The van der Waals surface area contributed by atoms with Gasteiger partial charge in [0.25, 0.3) is 0 Å². The van der Waals surface area contributed by atoms with Crippen molar-refractivity contribution in [1.29, 1.82) is 0 Å². The highest BCUT2D eigenvalue weighted by Gasteiger charge is 2.19. The molecule has 0 amide bonds. The molecule has 0 heterocycles. The van der Waals surface area contributed by atoms with Crippen molar-refractivity contribution in [2.24, 2.45) is 0 Å². The average molecular weight is 304 g/mol. The smallest absolute Gasteiger partial charge is 0.127 e. The number of benzene rings is 1. The minimum atomic E-state index is -0.175. The Hall–Kier alpha value is -0.450. The van der Waals surface area contributed by atoms with E-state index in [2.05, 4.69) is 28.2 Å². The molecule has 96 valence electrons. The lowest BCUT2D eigenvalue weighted by molar-refractivity contribution is 0.0675. The molecule has 1 rings (SSSR count). The molecule has 0 fully saturated rings. The van der Waals surface area contributed by atoms with Gasteiger partial charge in [-0.15, -0.1) is 0 Å². The maximum atomic E-state index is 13.7. The molecule has 1 N–H and O–H groups in total. The molecule has 2 nitrogen and oxygen atoms in total. The molecule has 0 bridgehead atoms. The summed E-state index contributed by atoms with van der Waals surface area (Å²) in [5.41, 5.74) is 0.711. The summed E-state index contributed by atoms with van der Waals surface area (Å²) in [5, 5.41) is 3.19. The van der Waals surface area contributed by atoms with E-state index >= 15 is 0 Å². The number of nitrogens with one attached hydrogen (secondary N) is 1. The second-order valence-electron chi connectivity index (χ2n) is 4.02. The summed E-state index contributed by atoms with van der Waals surface area (Å²) in [6.45, 7) is 2.07. The highest BCUT2D eigenvalue weighted by molar-refractivity contribution is 9.10. The van der Waals surface area contributed by atoms with Gasteiger partial charge in [0.1, 0.15) is 5.82 Å². The van der Waals surface area contributed by atoms with Crippen LogP contribution in [0.25, 0.3) is 0 Å². The average Bonchev–Trinajstić information content (AvgIpc) is 2.32. The third-order valence-electron chi connectivity index (χ3n) is 2.98. The van der Waals surface area contributed by atoms with Gasteiger partial charge in [-0.2, -0.15) is 0 Å². The van der Waals surface area contributed by atoms with E-state index in [4.69, 9.17) is 4.74 Å². The fourth-order valence-electron chi connectivity index (χ4n) is 1.96. The van der Waals surface area contributed by atoms with Crippen molar-refractivity contribution in [3.8, 4) is 0 Å². The summed E-state index contributed by atoms with van der Waals surface area (Å²) >= 11 is 3.26. The van der Waals surface area contributed by atoms with Crippen molar-refractivity contribution in [2.45, 2.75) is 31.9 Å². The first-order valence-corrected chi connectivity index (χ1v) is 6.55. The van der Waals surface area contributed by atoms with E-state index in [0.717, 1.165) is 10.9 Å². The molecule has 17 heavy (non-hydrogen) atoms. The SMILES string of the molecule is CCC(OC)C(Cc1ccc(Br)cc1F)NC. The number of likely N-dealkylation sites (N-methyl/N-ethyl adjacent to an activating group) is 1. The van der Waals surface area contributed by atoms with Crippen molar-refractivity contribution in [1.82, 2.24) is 5.32 Å². The molecular formula is C13H19BrFNO. The van der Waals surface area contributed by atoms with E-state index in [1.807, 2.05) is 19.2 Å². The highest BCUT2D eigenvalue weighted by atomic mass is 79.9. The molecule has 0 spiro atoms. The van der Waals surface area contributed by atoms with Gasteiger partial charge in [-0.05, 0) is 37.6 Å². The van der Waals surface area contributed by atoms with Crippen LogP contribution < -0.4 is 5.32 Å². The van der Waals surface area contributed by atoms with Gasteiger partial charge in [0.05, 0.1) is 6.10 Å². The van der Waals surface area contributed by atoms with E-state index < -0.39 is 0 Å². The Balaban J connectivity index is 2.80. The molecular weight excluding hydrogens is 285 g/mol. The van der Waals surface area contributed by atoms with Crippen LogP contribution in [0.5, 0.6) is 0 Å². The maximum Gasteiger partial charge on any atom is 0.127 e. The largest absolute Gasteiger partial charge is 0.380 e. The topological polar surface area (TPSA) is 21.3 Å². The Bertz CT molecular complexity index is 355. The molecule has 0 aliphatic carbocycles. The first-order chi connectivity index (χ1) is 8.12. The van der Waals surface area contributed by atoms with Gasteiger partial charge in [0.2, 0.25) is 0 Å². The van der Waals surface area contributed by atoms with Gasteiger partial charge >= 0.3 is 0 Å². The van der Waals surface area contributed by atoms with Crippen molar-refractivity contribution < 1.29 is 9.13 Å². The number of halogens is 2. The van der Waals surface area contributed by atoms with Crippen LogP contribution in [-0.4, -0.2) is 26.3 Å². The summed E-state index contributed by atoms with van der Waals surface area (Å²) in [4.78, 5) is 0. The number of hydrogen-bond acceptors (Lipinski definition) is 2. The molecule has 1 aromatic rings. The lowest BCUT2D eigenvalue weighted by Gasteiger charge is -2.25. The van der Waals surface area contributed by atoms with Gasteiger partial charge in [-0.3, -0.25) is 0 Å². The lowest BCUT2D eigenvalue weighted by atomic mass is 9.99. The Morgan fingerprint density at radius 2 is 2.18 bits per heavy atom. The minimum absolute atomic E-state index is 0.100. The van der Waals surface area contributed by atoms with Crippen LogP contribution >= 0.6 is 15.9 Å². The van der Waals surface area contributed by atoms with E-state index in [-0.39, 0.29) is 18.0 Å². The van der Waals surface area contributed by atoms with Crippen LogP contribution in [0.2, 0.25) is 0 Å². The summed E-state index contributed by atoms with van der Waals surface area (Å²) in [6, 6.07) is 5.29. The Labute approximate surface area is 111 Å². The number of methoxy groups -OCH3 is 1. The van der Waals surface area contributed by atoms with Gasteiger partial charge in [0.15, 0.2) is 0 Å².